The minimum absolute atomic E-state index is 0.00625. The molecule has 0 saturated carbocycles. The Hall–Kier alpha value is -0.240. The number of aliphatic hydroxyl groups is 2. The van der Waals surface area contributed by atoms with Gasteiger partial charge in [0, 0.05) is 32.7 Å². The standard InChI is InChI=1S/C13H27N3O3/c1-14(2)8-10-12(13(18)11(9-17)19-10)16-6-4-15(3)5-7-16/h10-13,17-18H,4-9H2,1-3H3/t10-,11+,12+,13-/m1/s1. The first-order valence-electron chi connectivity index (χ1n) is 7.04. The molecule has 6 nitrogen and oxygen atoms in total. The molecule has 0 radical (unpaired) electrons. The van der Waals surface area contributed by atoms with Crippen LogP contribution in [0.25, 0.3) is 0 Å². The van der Waals surface area contributed by atoms with Gasteiger partial charge in [0.25, 0.3) is 0 Å². The lowest BCUT2D eigenvalue weighted by Crippen LogP contribution is -2.56. The summed E-state index contributed by atoms with van der Waals surface area (Å²) in [6.07, 6.45) is -1.08. The molecule has 2 fully saturated rings. The second-order valence-corrected chi connectivity index (χ2v) is 5.98. The first-order valence-corrected chi connectivity index (χ1v) is 7.04. The van der Waals surface area contributed by atoms with Gasteiger partial charge in [-0.15, -0.1) is 0 Å². The predicted molar refractivity (Wildman–Crippen MR) is 73.2 cm³/mol. The van der Waals surface area contributed by atoms with Gasteiger partial charge in [0.15, 0.2) is 0 Å². The Kier molecular flexibility index (Phi) is 5.16. The summed E-state index contributed by atoms with van der Waals surface area (Å²) < 4.78 is 5.83. The Morgan fingerprint density at radius 1 is 1.16 bits per heavy atom. The molecule has 6 heteroatoms. The van der Waals surface area contributed by atoms with Crippen LogP contribution >= 0.6 is 0 Å². The van der Waals surface area contributed by atoms with E-state index < -0.39 is 12.2 Å². The van der Waals surface area contributed by atoms with E-state index in [-0.39, 0.29) is 18.8 Å². The van der Waals surface area contributed by atoms with Crippen LogP contribution in [0.5, 0.6) is 0 Å². The molecule has 2 saturated heterocycles. The van der Waals surface area contributed by atoms with Crippen LogP contribution in [0.1, 0.15) is 0 Å². The molecule has 2 N–H and O–H groups in total. The van der Waals surface area contributed by atoms with Crippen molar-refractivity contribution in [2.45, 2.75) is 24.4 Å². The number of likely N-dealkylation sites (N-methyl/N-ethyl adjacent to an activating group) is 2. The van der Waals surface area contributed by atoms with Gasteiger partial charge in [-0.1, -0.05) is 0 Å². The number of nitrogens with zero attached hydrogens (tertiary/aromatic N) is 3. The van der Waals surface area contributed by atoms with Crippen molar-refractivity contribution in [2.75, 3.05) is 60.5 Å². The summed E-state index contributed by atoms with van der Waals surface area (Å²) in [4.78, 5) is 6.68. The molecule has 0 aromatic carbocycles. The van der Waals surface area contributed by atoms with Crippen molar-refractivity contribution in [3.8, 4) is 0 Å². The highest BCUT2D eigenvalue weighted by Gasteiger charge is 2.46. The molecule has 19 heavy (non-hydrogen) atoms. The molecule has 2 rings (SSSR count). The van der Waals surface area contributed by atoms with Crippen LogP contribution in [0.2, 0.25) is 0 Å². The van der Waals surface area contributed by atoms with Gasteiger partial charge in [0.1, 0.15) is 12.2 Å². The largest absolute Gasteiger partial charge is 0.394 e. The second kappa shape index (κ2) is 6.47. The Labute approximate surface area is 115 Å². The highest BCUT2D eigenvalue weighted by atomic mass is 16.5. The van der Waals surface area contributed by atoms with E-state index in [1.54, 1.807) is 0 Å². The first kappa shape index (κ1) is 15.2. The molecular weight excluding hydrogens is 246 g/mol. The van der Waals surface area contributed by atoms with Gasteiger partial charge in [0.2, 0.25) is 0 Å². The maximum atomic E-state index is 10.4. The summed E-state index contributed by atoms with van der Waals surface area (Å²) in [6.45, 7) is 4.58. The third-order valence-electron chi connectivity index (χ3n) is 4.15. The average molecular weight is 273 g/mol. The van der Waals surface area contributed by atoms with Crippen molar-refractivity contribution in [2.24, 2.45) is 0 Å². The van der Waals surface area contributed by atoms with Crippen LogP contribution in [-0.2, 0) is 4.74 Å². The van der Waals surface area contributed by atoms with Crippen LogP contribution < -0.4 is 0 Å². The third-order valence-corrected chi connectivity index (χ3v) is 4.15. The fraction of sp³-hybridized carbons (Fsp3) is 1.00. The molecule has 0 aliphatic carbocycles. The Morgan fingerprint density at radius 3 is 2.32 bits per heavy atom. The number of rotatable bonds is 4. The Balaban J connectivity index is 2.04. The molecule has 0 bridgehead atoms. The van der Waals surface area contributed by atoms with E-state index in [0.29, 0.717) is 0 Å². The van der Waals surface area contributed by atoms with Crippen molar-refractivity contribution < 1.29 is 14.9 Å². The number of hydrogen-bond acceptors (Lipinski definition) is 6. The van der Waals surface area contributed by atoms with E-state index in [4.69, 9.17) is 4.74 Å². The van der Waals surface area contributed by atoms with Crippen molar-refractivity contribution in [3.63, 3.8) is 0 Å². The monoisotopic (exact) mass is 273 g/mol. The van der Waals surface area contributed by atoms with Crippen molar-refractivity contribution in [1.29, 1.82) is 0 Å². The van der Waals surface area contributed by atoms with E-state index in [9.17, 15) is 10.2 Å². The maximum Gasteiger partial charge on any atom is 0.109 e. The summed E-state index contributed by atoms with van der Waals surface area (Å²) in [5.41, 5.74) is 0. The summed E-state index contributed by atoms with van der Waals surface area (Å²) >= 11 is 0. The fourth-order valence-electron chi connectivity index (χ4n) is 3.06. The molecule has 0 amide bonds. The molecule has 112 valence electrons. The van der Waals surface area contributed by atoms with Crippen LogP contribution in [0.3, 0.4) is 0 Å². The first-order chi connectivity index (χ1) is 9.02. The lowest BCUT2D eigenvalue weighted by atomic mass is 10.0. The van der Waals surface area contributed by atoms with Gasteiger partial charge >= 0.3 is 0 Å². The molecule has 0 aromatic rings. The molecule has 2 aliphatic heterocycles. The van der Waals surface area contributed by atoms with Gasteiger partial charge in [0.05, 0.1) is 18.8 Å². The topological polar surface area (TPSA) is 59.4 Å². The smallest absolute Gasteiger partial charge is 0.109 e. The number of hydrogen-bond donors (Lipinski definition) is 2. The number of piperazine rings is 1. The molecular formula is C13H27N3O3. The quantitative estimate of drug-likeness (QED) is 0.636. The van der Waals surface area contributed by atoms with Gasteiger partial charge < -0.3 is 24.7 Å². The van der Waals surface area contributed by atoms with Crippen LogP contribution in [0, 0.1) is 0 Å². The molecule has 2 aliphatic rings. The normalized spacial score (nSPS) is 38.2. The molecule has 0 unspecified atom stereocenters. The zero-order valence-electron chi connectivity index (χ0n) is 12.2. The number of aliphatic hydroxyl groups excluding tert-OH is 2. The Morgan fingerprint density at radius 2 is 1.79 bits per heavy atom. The minimum atomic E-state index is -0.599. The summed E-state index contributed by atoms with van der Waals surface area (Å²) in [6, 6.07) is -0.00625. The molecule has 0 spiro atoms. The number of ether oxygens (including phenoxy) is 1. The summed E-state index contributed by atoms with van der Waals surface area (Å²) in [5.74, 6) is 0. The minimum Gasteiger partial charge on any atom is -0.394 e. The average Bonchev–Trinajstić information content (AvgIpc) is 2.66. The highest BCUT2D eigenvalue weighted by molar-refractivity contribution is 4.98. The SMILES string of the molecule is CN(C)C[C@H]1O[C@@H](CO)[C@@H](O)[C@H]1N1CCN(C)CC1. The zero-order chi connectivity index (χ0) is 14.0. The van der Waals surface area contributed by atoms with Crippen LogP contribution in [-0.4, -0.2) is 110 Å². The predicted octanol–water partition coefficient (Wildman–Crippen LogP) is -1.72. The van der Waals surface area contributed by atoms with Crippen molar-refractivity contribution in [3.05, 3.63) is 0 Å². The van der Waals surface area contributed by atoms with E-state index in [2.05, 4.69) is 21.7 Å². The maximum absolute atomic E-state index is 10.4. The van der Waals surface area contributed by atoms with E-state index in [0.717, 1.165) is 32.7 Å². The van der Waals surface area contributed by atoms with E-state index in [1.807, 2.05) is 14.1 Å². The fourth-order valence-corrected chi connectivity index (χ4v) is 3.06. The van der Waals surface area contributed by atoms with Crippen molar-refractivity contribution >= 4 is 0 Å². The molecule has 0 aromatic heterocycles. The summed E-state index contributed by atoms with van der Waals surface area (Å²) in [5, 5.41) is 19.7. The lowest BCUT2D eigenvalue weighted by Gasteiger charge is -2.39. The van der Waals surface area contributed by atoms with Gasteiger partial charge in [-0.25, -0.2) is 0 Å². The van der Waals surface area contributed by atoms with Crippen molar-refractivity contribution in [1.82, 2.24) is 14.7 Å². The third kappa shape index (κ3) is 3.45. The van der Waals surface area contributed by atoms with Gasteiger partial charge in [-0.05, 0) is 21.1 Å². The Bertz CT molecular complexity index is 282. The van der Waals surface area contributed by atoms with E-state index in [1.165, 1.54) is 0 Å². The van der Waals surface area contributed by atoms with Crippen LogP contribution in [0.4, 0.5) is 0 Å². The molecule has 2 heterocycles. The van der Waals surface area contributed by atoms with Crippen LogP contribution in [0.15, 0.2) is 0 Å². The zero-order valence-corrected chi connectivity index (χ0v) is 12.2. The van der Waals surface area contributed by atoms with E-state index >= 15 is 0 Å². The van der Waals surface area contributed by atoms with Gasteiger partial charge in [-0.3, -0.25) is 4.90 Å². The lowest BCUT2D eigenvalue weighted by molar-refractivity contribution is -0.0276. The molecule has 4 atom stereocenters. The van der Waals surface area contributed by atoms with Gasteiger partial charge in [-0.2, -0.15) is 0 Å². The summed E-state index contributed by atoms with van der Waals surface area (Å²) in [7, 11) is 6.12. The highest BCUT2D eigenvalue weighted by Crippen LogP contribution is 2.27. The second-order valence-electron chi connectivity index (χ2n) is 5.98.